The Morgan fingerprint density at radius 2 is 0.936 bits per heavy atom. The van der Waals surface area contributed by atoms with Crippen molar-refractivity contribution in [3.63, 3.8) is 0 Å². The lowest BCUT2D eigenvalue weighted by Crippen LogP contribution is -2.29. The molecule has 0 aliphatic carbocycles. The number of hydrogen-bond donors (Lipinski definition) is 0. The first-order valence-corrected chi connectivity index (χ1v) is 17.0. The van der Waals surface area contributed by atoms with E-state index in [-0.39, 0.29) is 13.2 Å². The summed E-state index contributed by atoms with van der Waals surface area (Å²) in [5.74, 6) is -0.367. The number of carbonyl (C=O) groups is 2. The predicted octanol–water partition coefficient (Wildman–Crippen LogP) is 9.08. The third-order valence-electron chi connectivity index (χ3n) is 8.03. The van der Waals surface area contributed by atoms with Crippen molar-refractivity contribution < 1.29 is 28.5 Å². The quantitative estimate of drug-likeness (QED) is 0.0516. The van der Waals surface area contributed by atoms with Gasteiger partial charge in [0.15, 0.2) is 5.92 Å². The molecule has 0 heterocycles. The van der Waals surface area contributed by atoms with Crippen LogP contribution in [0.3, 0.4) is 0 Å². The molecule has 0 bridgehead atoms. The van der Waals surface area contributed by atoms with E-state index >= 15 is 0 Å². The summed E-state index contributed by atoms with van der Waals surface area (Å²) in [5.41, 5.74) is 4.26. The highest BCUT2D eigenvalue weighted by Gasteiger charge is 2.29. The smallest absolute Gasteiger partial charge is 0.320 e. The third-order valence-corrected chi connectivity index (χ3v) is 8.03. The van der Waals surface area contributed by atoms with E-state index in [4.69, 9.17) is 18.9 Å². The second kappa shape index (κ2) is 20.5. The van der Waals surface area contributed by atoms with Gasteiger partial charge in [-0.05, 0) is 52.9 Å². The van der Waals surface area contributed by atoms with Gasteiger partial charge in [0.05, 0.1) is 13.2 Å². The molecule has 0 aliphatic rings. The monoisotopic (exact) mass is 636 g/mol. The van der Waals surface area contributed by atoms with Crippen LogP contribution in [0, 0.1) is 5.92 Å². The lowest BCUT2D eigenvalue weighted by atomic mass is 10.00. The lowest BCUT2D eigenvalue weighted by molar-refractivity contribution is -0.162. The van der Waals surface area contributed by atoms with E-state index in [9.17, 15) is 9.59 Å². The van der Waals surface area contributed by atoms with Gasteiger partial charge in [-0.15, -0.1) is 0 Å². The van der Waals surface area contributed by atoms with Crippen LogP contribution >= 0.6 is 0 Å². The fraction of sp³-hybridized carbons (Fsp3) is 0.366. The Bertz CT molecular complexity index is 1330. The van der Waals surface area contributed by atoms with Crippen LogP contribution in [0.15, 0.2) is 109 Å². The molecular weight excluding hydrogens is 588 g/mol. The fourth-order valence-corrected chi connectivity index (χ4v) is 5.19. The summed E-state index contributed by atoms with van der Waals surface area (Å²) in [4.78, 5) is 26.2. The highest BCUT2D eigenvalue weighted by Crippen LogP contribution is 2.19. The Kier molecular flexibility index (Phi) is 15.4. The molecule has 0 saturated carbocycles. The molecule has 0 atom stereocenters. The normalized spacial score (nSPS) is 10.9. The van der Waals surface area contributed by atoms with Crippen LogP contribution in [0.1, 0.15) is 74.1 Å². The first kappa shape index (κ1) is 35.3. The second-order valence-electron chi connectivity index (χ2n) is 11.8. The minimum atomic E-state index is -0.913. The molecule has 6 heteroatoms. The summed E-state index contributed by atoms with van der Waals surface area (Å²) in [6, 6.07) is 35.6. The van der Waals surface area contributed by atoms with Gasteiger partial charge >= 0.3 is 11.9 Å². The van der Waals surface area contributed by atoms with Gasteiger partial charge < -0.3 is 18.9 Å². The molecule has 0 N–H and O–H groups in total. The summed E-state index contributed by atoms with van der Waals surface area (Å²) in [6.07, 6.45) is 7.95. The number of carbonyl (C=O) groups excluding carboxylic acids is 2. The molecule has 0 amide bonds. The van der Waals surface area contributed by atoms with Crippen molar-refractivity contribution in [3.05, 3.63) is 131 Å². The van der Waals surface area contributed by atoms with Crippen molar-refractivity contribution in [2.75, 3.05) is 13.2 Å². The van der Waals surface area contributed by atoms with Crippen LogP contribution in [0.4, 0.5) is 0 Å². The van der Waals surface area contributed by atoms with Gasteiger partial charge in [0, 0.05) is 12.8 Å². The summed E-state index contributed by atoms with van der Waals surface area (Å²) >= 11 is 0. The van der Waals surface area contributed by atoms with Crippen LogP contribution in [-0.2, 0) is 45.1 Å². The van der Waals surface area contributed by atoms with Crippen molar-refractivity contribution in [2.24, 2.45) is 5.92 Å². The molecule has 0 radical (unpaired) electrons. The molecule has 4 aromatic carbocycles. The average molecular weight is 637 g/mol. The van der Waals surface area contributed by atoms with Crippen molar-refractivity contribution in [3.8, 4) is 11.5 Å². The highest BCUT2D eigenvalue weighted by atomic mass is 16.6. The van der Waals surface area contributed by atoms with Crippen molar-refractivity contribution in [1.82, 2.24) is 0 Å². The number of hydrogen-bond acceptors (Lipinski definition) is 6. The van der Waals surface area contributed by atoms with E-state index in [0.717, 1.165) is 53.0 Å². The average Bonchev–Trinajstić information content (AvgIpc) is 3.11. The Morgan fingerprint density at radius 3 is 1.38 bits per heavy atom. The number of unbranched alkanes of at least 4 members (excludes halogenated alkanes) is 5. The Balaban J connectivity index is 1.21. The molecule has 4 aromatic rings. The maximum Gasteiger partial charge on any atom is 0.320 e. The summed E-state index contributed by atoms with van der Waals surface area (Å²) in [6.45, 7) is 3.59. The molecule has 0 aromatic heterocycles. The zero-order chi connectivity index (χ0) is 32.9. The largest absolute Gasteiger partial charge is 0.489 e. The number of benzene rings is 4. The first-order chi connectivity index (χ1) is 23.1. The fourth-order valence-electron chi connectivity index (χ4n) is 5.19. The maximum absolute atomic E-state index is 13.1. The van der Waals surface area contributed by atoms with Crippen LogP contribution in [0.5, 0.6) is 11.5 Å². The second-order valence-corrected chi connectivity index (χ2v) is 11.8. The van der Waals surface area contributed by atoms with Gasteiger partial charge in [0.25, 0.3) is 0 Å². The molecule has 0 fully saturated rings. The predicted molar refractivity (Wildman–Crippen MR) is 185 cm³/mol. The van der Waals surface area contributed by atoms with Gasteiger partial charge in [0.1, 0.15) is 24.7 Å². The topological polar surface area (TPSA) is 71.1 Å². The van der Waals surface area contributed by atoms with E-state index in [2.05, 4.69) is 6.92 Å². The number of esters is 2. The number of ether oxygens (including phenoxy) is 4. The van der Waals surface area contributed by atoms with Gasteiger partial charge in [-0.3, -0.25) is 9.59 Å². The molecule has 248 valence electrons. The minimum absolute atomic E-state index is 0.196. The van der Waals surface area contributed by atoms with Crippen LogP contribution < -0.4 is 9.47 Å². The Labute approximate surface area is 280 Å². The first-order valence-electron chi connectivity index (χ1n) is 17.0. The van der Waals surface area contributed by atoms with E-state index in [0.29, 0.717) is 32.5 Å². The molecule has 0 spiro atoms. The summed E-state index contributed by atoms with van der Waals surface area (Å²) in [7, 11) is 0. The van der Waals surface area contributed by atoms with Crippen molar-refractivity contribution >= 4 is 11.9 Å². The van der Waals surface area contributed by atoms with Gasteiger partial charge in [-0.1, -0.05) is 130 Å². The SMILES string of the molecule is CCCCCCCCC(C(=O)OCCc1ccc(OCc2ccccc2)cc1)C(=O)OCCc1ccc(OCc2ccccc2)cc1. The lowest BCUT2D eigenvalue weighted by Gasteiger charge is -2.16. The molecule has 0 saturated heterocycles. The summed E-state index contributed by atoms with van der Waals surface area (Å²) < 4.78 is 22.9. The standard InChI is InChI=1S/C41H48O6/c1-2-3-4-5-6-13-18-39(40(42)44-29-27-33-19-23-37(24-20-33)46-31-35-14-9-7-10-15-35)41(43)45-30-28-34-21-25-38(26-22-34)47-32-36-16-11-8-12-17-36/h7-12,14-17,19-26,39H,2-6,13,18,27-32H2,1H3. The minimum Gasteiger partial charge on any atom is -0.489 e. The highest BCUT2D eigenvalue weighted by molar-refractivity contribution is 5.94. The van der Waals surface area contributed by atoms with Crippen LogP contribution in [0.2, 0.25) is 0 Å². The molecule has 4 rings (SSSR count). The molecule has 6 nitrogen and oxygen atoms in total. The maximum atomic E-state index is 13.1. The van der Waals surface area contributed by atoms with Crippen LogP contribution in [-0.4, -0.2) is 25.2 Å². The Hall–Kier alpha value is -4.58. The summed E-state index contributed by atoms with van der Waals surface area (Å²) in [5, 5.41) is 0. The van der Waals surface area contributed by atoms with E-state index in [1.54, 1.807) is 0 Å². The molecule has 0 aliphatic heterocycles. The van der Waals surface area contributed by atoms with Gasteiger partial charge in [-0.25, -0.2) is 0 Å². The molecular formula is C41H48O6. The Morgan fingerprint density at radius 1 is 0.511 bits per heavy atom. The van der Waals surface area contributed by atoms with E-state index < -0.39 is 17.9 Å². The van der Waals surface area contributed by atoms with E-state index in [1.165, 1.54) is 19.3 Å². The van der Waals surface area contributed by atoms with Crippen molar-refractivity contribution in [2.45, 2.75) is 77.9 Å². The zero-order valence-corrected chi connectivity index (χ0v) is 27.6. The van der Waals surface area contributed by atoms with Gasteiger partial charge in [0.2, 0.25) is 0 Å². The third kappa shape index (κ3) is 13.4. The zero-order valence-electron chi connectivity index (χ0n) is 27.6. The van der Waals surface area contributed by atoms with Gasteiger partial charge in [-0.2, -0.15) is 0 Å². The van der Waals surface area contributed by atoms with Crippen LogP contribution in [0.25, 0.3) is 0 Å². The molecule has 47 heavy (non-hydrogen) atoms. The number of rotatable bonds is 21. The van der Waals surface area contributed by atoms with E-state index in [1.807, 2.05) is 109 Å². The molecule has 0 unspecified atom stereocenters. The van der Waals surface area contributed by atoms with Crippen molar-refractivity contribution in [1.29, 1.82) is 0 Å².